The third-order valence-corrected chi connectivity index (χ3v) is 6.91. The summed E-state index contributed by atoms with van der Waals surface area (Å²) in [6, 6.07) is 15.2. The number of imide groups is 1. The Bertz CT molecular complexity index is 1560. The molecule has 0 spiro atoms. The summed E-state index contributed by atoms with van der Waals surface area (Å²) in [4.78, 5) is 49.3. The van der Waals surface area contributed by atoms with Crippen LogP contribution in [0.2, 0.25) is 10.0 Å². The summed E-state index contributed by atoms with van der Waals surface area (Å²) in [5.41, 5.74) is 2.06. The highest BCUT2D eigenvalue weighted by Crippen LogP contribution is 2.35. The van der Waals surface area contributed by atoms with Gasteiger partial charge >= 0.3 is 0 Å². The zero-order valence-electron chi connectivity index (χ0n) is 19.9. The maximum Gasteiger partial charge on any atom is 0.262 e. The van der Waals surface area contributed by atoms with Crippen molar-refractivity contribution in [2.24, 2.45) is 0 Å². The molecule has 0 aliphatic carbocycles. The Balaban J connectivity index is 1.36. The van der Waals surface area contributed by atoms with Crippen LogP contribution in [-0.2, 0) is 11.4 Å². The van der Waals surface area contributed by atoms with E-state index in [-0.39, 0.29) is 22.8 Å². The first-order valence-electron chi connectivity index (χ1n) is 11.3. The van der Waals surface area contributed by atoms with Crippen LogP contribution in [0.15, 0.2) is 60.8 Å². The van der Waals surface area contributed by atoms with Gasteiger partial charge in [0.2, 0.25) is 5.91 Å². The number of anilines is 1. The van der Waals surface area contributed by atoms with E-state index in [1.807, 2.05) is 12.1 Å². The molecule has 3 aromatic carbocycles. The molecule has 4 aromatic rings. The van der Waals surface area contributed by atoms with Crippen LogP contribution in [0.25, 0.3) is 10.9 Å². The molecule has 0 atom stereocenters. The number of carbonyl (C=O) groups is 3. The SMILES string of the molecule is Cc1ncc2cccc(OCc3c(Cl)ccc(N(C)C(=O)CN4C(=O)c5ccccc5C4=O)c3Cl)c2n1. The topological polar surface area (TPSA) is 92.7 Å². The average molecular weight is 535 g/mol. The second-order valence-corrected chi connectivity index (χ2v) is 9.24. The molecular weight excluding hydrogens is 515 g/mol. The van der Waals surface area contributed by atoms with Gasteiger partial charge in [-0.3, -0.25) is 19.3 Å². The number of hydrogen-bond acceptors (Lipinski definition) is 6. The van der Waals surface area contributed by atoms with Gasteiger partial charge < -0.3 is 9.64 Å². The predicted octanol–water partition coefficient (Wildman–Crippen LogP) is 5.08. The number of rotatable bonds is 6. The van der Waals surface area contributed by atoms with Crippen LogP contribution in [0.4, 0.5) is 5.69 Å². The molecule has 0 unspecified atom stereocenters. The van der Waals surface area contributed by atoms with Crippen molar-refractivity contribution in [1.29, 1.82) is 0 Å². The van der Waals surface area contributed by atoms with E-state index in [4.69, 9.17) is 27.9 Å². The molecule has 0 saturated carbocycles. The van der Waals surface area contributed by atoms with Crippen molar-refractivity contribution >= 4 is 57.5 Å². The highest BCUT2D eigenvalue weighted by atomic mass is 35.5. The van der Waals surface area contributed by atoms with Crippen LogP contribution in [0, 0.1) is 6.92 Å². The monoisotopic (exact) mass is 534 g/mol. The van der Waals surface area contributed by atoms with Crippen molar-refractivity contribution in [2.75, 3.05) is 18.5 Å². The van der Waals surface area contributed by atoms with Crippen molar-refractivity contribution in [1.82, 2.24) is 14.9 Å². The Kier molecular flexibility index (Phi) is 6.54. The summed E-state index contributed by atoms with van der Waals surface area (Å²) in [6.07, 6.45) is 1.72. The number of fused-ring (bicyclic) bond motifs is 2. The fraction of sp³-hybridized carbons (Fsp3) is 0.148. The Morgan fingerprint density at radius 3 is 2.41 bits per heavy atom. The lowest BCUT2D eigenvalue weighted by Gasteiger charge is -2.23. The van der Waals surface area contributed by atoms with Crippen LogP contribution in [0.5, 0.6) is 5.75 Å². The molecule has 1 aliphatic heterocycles. The molecule has 1 aromatic heterocycles. The van der Waals surface area contributed by atoms with Crippen molar-refractivity contribution in [2.45, 2.75) is 13.5 Å². The lowest BCUT2D eigenvalue weighted by atomic mass is 10.1. The highest BCUT2D eigenvalue weighted by molar-refractivity contribution is 6.38. The van der Waals surface area contributed by atoms with E-state index in [0.29, 0.717) is 33.4 Å². The average Bonchev–Trinajstić information content (AvgIpc) is 3.13. The number of likely N-dealkylation sites (N-methyl/N-ethyl adjacent to an activating group) is 1. The molecule has 2 heterocycles. The van der Waals surface area contributed by atoms with Gasteiger partial charge in [-0.25, -0.2) is 9.97 Å². The quantitative estimate of drug-likeness (QED) is 0.320. The molecular formula is C27H20Cl2N4O4. The fourth-order valence-electron chi connectivity index (χ4n) is 4.12. The van der Waals surface area contributed by atoms with Crippen molar-refractivity contribution in [3.8, 4) is 5.75 Å². The normalized spacial score (nSPS) is 12.7. The molecule has 186 valence electrons. The van der Waals surface area contributed by atoms with Gasteiger partial charge in [0.25, 0.3) is 11.8 Å². The third kappa shape index (κ3) is 4.50. The largest absolute Gasteiger partial charge is 0.487 e. The van der Waals surface area contributed by atoms with Crippen molar-refractivity contribution < 1.29 is 19.1 Å². The molecule has 8 nitrogen and oxygen atoms in total. The Morgan fingerprint density at radius 1 is 1.00 bits per heavy atom. The smallest absolute Gasteiger partial charge is 0.262 e. The minimum Gasteiger partial charge on any atom is -0.487 e. The van der Waals surface area contributed by atoms with Gasteiger partial charge in [0, 0.05) is 29.2 Å². The third-order valence-electron chi connectivity index (χ3n) is 6.14. The predicted molar refractivity (Wildman–Crippen MR) is 140 cm³/mol. The molecule has 0 bridgehead atoms. The molecule has 37 heavy (non-hydrogen) atoms. The molecule has 3 amide bonds. The zero-order chi connectivity index (χ0) is 26.3. The van der Waals surface area contributed by atoms with E-state index in [9.17, 15) is 14.4 Å². The number of aromatic nitrogens is 2. The Morgan fingerprint density at radius 2 is 1.70 bits per heavy atom. The summed E-state index contributed by atoms with van der Waals surface area (Å²) in [6.45, 7) is 1.39. The maximum atomic E-state index is 13.1. The molecule has 1 aliphatic rings. The molecule has 10 heteroatoms. The van der Waals surface area contributed by atoms with E-state index < -0.39 is 24.3 Å². The minimum atomic E-state index is -0.507. The molecule has 0 fully saturated rings. The van der Waals surface area contributed by atoms with Gasteiger partial charge in [0.1, 0.15) is 30.2 Å². The van der Waals surface area contributed by atoms with Crippen LogP contribution in [0.1, 0.15) is 32.1 Å². The van der Waals surface area contributed by atoms with Gasteiger partial charge in [-0.2, -0.15) is 0 Å². The molecule has 5 rings (SSSR count). The number of carbonyl (C=O) groups excluding carboxylic acids is 3. The van der Waals surface area contributed by atoms with E-state index in [2.05, 4.69) is 9.97 Å². The van der Waals surface area contributed by atoms with Gasteiger partial charge in [-0.15, -0.1) is 0 Å². The first kappa shape index (κ1) is 24.7. The van der Waals surface area contributed by atoms with E-state index in [0.717, 1.165) is 10.3 Å². The lowest BCUT2D eigenvalue weighted by molar-refractivity contribution is -0.118. The Hall–Kier alpha value is -4.01. The number of aryl methyl sites for hydroxylation is 1. The zero-order valence-corrected chi connectivity index (χ0v) is 21.4. The van der Waals surface area contributed by atoms with Gasteiger partial charge in [-0.05, 0) is 37.3 Å². The second-order valence-electron chi connectivity index (χ2n) is 8.45. The minimum absolute atomic E-state index is 0.0219. The second kappa shape index (κ2) is 9.80. The first-order valence-corrected chi connectivity index (χ1v) is 12.1. The number of amides is 3. The number of benzene rings is 3. The summed E-state index contributed by atoms with van der Waals surface area (Å²) in [5, 5.41) is 1.41. The highest BCUT2D eigenvalue weighted by Gasteiger charge is 2.37. The summed E-state index contributed by atoms with van der Waals surface area (Å²) < 4.78 is 6.03. The first-order chi connectivity index (χ1) is 17.8. The van der Waals surface area contributed by atoms with Crippen molar-refractivity contribution in [3.63, 3.8) is 0 Å². The van der Waals surface area contributed by atoms with Crippen LogP contribution in [-0.4, -0.2) is 46.2 Å². The van der Waals surface area contributed by atoms with Gasteiger partial charge in [0.05, 0.1) is 21.8 Å². The van der Waals surface area contributed by atoms with Crippen molar-refractivity contribution in [3.05, 3.63) is 93.4 Å². The number of hydrogen-bond donors (Lipinski definition) is 0. The van der Waals surface area contributed by atoms with E-state index in [1.54, 1.807) is 55.6 Å². The maximum absolute atomic E-state index is 13.1. The van der Waals surface area contributed by atoms with E-state index >= 15 is 0 Å². The number of halogens is 2. The van der Waals surface area contributed by atoms with Crippen LogP contribution in [0.3, 0.4) is 0 Å². The number of para-hydroxylation sites is 1. The molecule has 0 N–H and O–H groups in total. The standard InChI is InChI=1S/C27H20Cl2N4O4/c1-15-30-12-16-6-5-9-22(25(16)31-15)37-14-19-20(28)10-11-21(24(19)29)32(2)23(34)13-33-26(35)17-7-3-4-8-18(17)27(33)36/h3-12H,13-14H2,1-2H3. The fourth-order valence-corrected chi connectivity index (χ4v) is 4.72. The summed E-state index contributed by atoms with van der Waals surface area (Å²) in [5.74, 6) is -0.359. The van der Waals surface area contributed by atoms with Crippen LogP contribution < -0.4 is 9.64 Å². The number of ether oxygens (including phenoxy) is 1. The van der Waals surface area contributed by atoms with E-state index in [1.165, 1.54) is 11.9 Å². The summed E-state index contributed by atoms with van der Waals surface area (Å²) >= 11 is 13.1. The van der Waals surface area contributed by atoms with Gasteiger partial charge in [-0.1, -0.05) is 47.5 Å². The number of nitrogens with zero attached hydrogens (tertiary/aromatic N) is 4. The Labute approximate surface area is 222 Å². The molecule has 0 saturated heterocycles. The lowest BCUT2D eigenvalue weighted by Crippen LogP contribution is -2.41. The van der Waals surface area contributed by atoms with Gasteiger partial charge in [0.15, 0.2) is 0 Å². The van der Waals surface area contributed by atoms with Crippen LogP contribution >= 0.6 is 23.2 Å². The molecule has 0 radical (unpaired) electrons. The summed E-state index contributed by atoms with van der Waals surface area (Å²) in [7, 11) is 1.52.